The van der Waals surface area contributed by atoms with Crippen LogP contribution in [0.5, 0.6) is 5.75 Å². The van der Waals surface area contributed by atoms with Crippen LogP contribution in [0.1, 0.15) is 16.8 Å². The number of methoxy groups -OCH3 is 1. The molecule has 2 heterocycles. The summed E-state index contributed by atoms with van der Waals surface area (Å²) in [6.07, 6.45) is -2.89. The van der Waals surface area contributed by atoms with Crippen LogP contribution in [0.25, 0.3) is 11.0 Å². The fraction of sp³-hybridized carbons (Fsp3) is 0.316. The number of hydrogen-bond donors (Lipinski definition) is 1. The number of alkyl halides is 3. The lowest BCUT2D eigenvalue weighted by Gasteiger charge is -2.13. The number of carbonyl (C=O) groups excluding carboxylic acids is 1. The van der Waals surface area contributed by atoms with Gasteiger partial charge in [-0.25, -0.2) is 9.66 Å². The standard InChI is InChI=1S/C19H19F3N4O3S/c1-11-14(24-6-5-16(11)29-10-19(20,21)22)9-30-18-25-13-7-12(8-17(27)28-2)3-4-15(13)26(18)23/h3-7H,8-10,23H2,1-2H3. The molecule has 0 aliphatic rings. The summed E-state index contributed by atoms with van der Waals surface area (Å²) in [4.78, 5) is 20.2. The van der Waals surface area contributed by atoms with Crippen LogP contribution in [0.15, 0.2) is 35.6 Å². The van der Waals surface area contributed by atoms with Crippen molar-refractivity contribution in [3.63, 3.8) is 0 Å². The minimum Gasteiger partial charge on any atom is -0.484 e. The summed E-state index contributed by atoms with van der Waals surface area (Å²) in [6.45, 7) is 0.288. The summed E-state index contributed by atoms with van der Waals surface area (Å²) in [5.74, 6) is 6.23. The number of imidazole rings is 1. The average molecular weight is 440 g/mol. The third-order valence-corrected chi connectivity index (χ3v) is 5.25. The van der Waals surface area contributed by atoms with E-state index in [-0.39, 0.29) is 18.1 Å². The molecule has 0 amide bonds. The number of nitrogens with zero attached hydrogens (tertiary/aromatic N) is 3. The molecule has 0 atom stereocenters. The third kappa shape index (κ3) is 5.15. The molecule has 0 saturated heterocycles. The molecule has 0 unspecified atom stereocenters. The van der Waals surface area contributed by atoms with Crippen molar-refractivity contribution >= 4 is 28.8 Å². The number of ether oxygens (including phenoxy) is 2. The van der Waals surface area contributed by atoms with E-state index in [4.69, 9.17) is 10.6 Å². The van der Waals surface area contributed by atoms with Gasteiger partial charge in [-0.1, -0.05) is 17.8 Å². The van der Waals surface area contributed by atoms with Crippen LogP contribution in [-0.4, -0.2) is 40.5 Å². The lowest BCUT2D eigenvalue weighted by molar-refractivity contribution is -0.153. The van der Waals surface area contributed by atoms with Gasteiger partial charge in [0.05, 0.1) is 30.3 Å². The molecule has 1 aromatic carbocycles. The maximum atomic E-state index is 12.4. The van der Waals surface area contributed by atoms with Crippen molar-refractivity contribution in [1.82, 2.24) is 14.6 Å². The molecule has 30 heavy (non-hydrogen) atoms. The highest BCUT2D eigenvalue weighted by Gasteiger charge is 2.28. The van der Waals surface area contributed by atoms with E-state index in [9.17, 15) is 18.0 Å². The first-order valence-corrected chi connectivity index (χ1v) is 9.76. The Hall–Kier alpha value is -2.95. The van der Waals surface area contributed by atoms with E-state index in [1.165, 1.54) is 35.8 Å². The molecule has 2 N–H and O–H groups in total. The zero-order chi connectivity index (χ0) is 21.9. The molecule has 7 nitrogen and oxygen atoms in total. The van der Waals surface area contributed by atoms with Gasteiger partial charge < -0.3 is 15.3 Å². The normalized spacial score (nSPS) is 11.6. The first-order chi connectivity index (χ1) is 14.2. The van der Waals surface area contributed by atoms with Crippen LogP contribution in [0.4, 0.5) is 13.2 Å². The van der Waals surface area contributed by atoms with Crippen LogP contribution in [0, 0.1) is 6.92 Å². The summed E-state index contributed by atoms with van der Waals surface area (Å²) >= 11 is 1.29. The second-order valence-corrected chi connectivity index (χ2v) is 7.36. The first kappa shape index (κ1) is 21.8. The van der Waals surface area contributed by atoms with E-state index >= 15 is 0 Å². The molecule has 0 aliphatic heterocycles. The minimum atomic E-state index is -4.41. The van der Waals surface area contributed by atoms with Crippen molar-refractivity contribution in [2.75, 3.05) is 19.6 Å². The molecule has 11 heteroatoms. The van der Waals surface area contributed by atoms with Gasteiger partial charge in [-0.05, 0) is 30.7 Å². The number of halogens is 3. The van der Waals surface area contributed by atoms with Gasteiger partial charge in [-0.3, -0.25) is 9.78 Å². The number of nitrogens with two attached hydrogens (primary N) is 1. The number of thioether (sulfide) groups is 1. The molecule has 3 aromatic rings. The van der Waals surface area contributed by atoms with Crippen molar-refractivity contribution in [3.8, 4) is 5.75 Å². The minimum absolute atomic E-state index is 0.125. The maximum Gasteiger partial charge on any atom is 0.422 e. The second kappa shape index (κ2) is 8.82. The number of carbonyl (C=O) groups is 1. The molecule has 0 radical (unpaired) electrons. The highest BCUT2D eigenvalue weighted by atomic mass is 32.2. The zero-order valence-corrected chi connectivity index (χ0v) is 17.0. The number of pyridine rings is 1. The summed E-state index contributed by atoms with van der Waals surface area (Å²) in [5, 5.41) is 0.503. The number of esters is 1. The number of aromatic nitrogens is 3. The summed E-state index contributed by atoms with van der Waals surface area (Å²) < 4.78 is 48.2. The van der Waals surface area contributed by atoms with Crippen molar-refractivity contribution in [1.29, 1.82) is 0 Å². The monoisotopic (exact) mass is 440 g/mol. The van der Waals surface area contributed by atoms with Crippen molar-refractivity contribution in [3.05, 3.63) is 47.3 Å². The molecule has 0 spiro atoms. The highest BCUT2D eigenvalue weighted by molar-refractivity contribution is 7.98. The predicted octanol–water partition coefficient (Wildman–Crippen LogP) is 3.40. The molecule has 0 fully saturated rings. The number of rotatable bonds is 7. The van der Waals surface area contributed by atoms with Crippen molar-refractivity contribution in [2.45, 2.75) is 30.4 Å². The van der Waals surface area contributed by atoms with Gasteiger partial charge in [0.15, 0.2) is 11.8 Å². The topological polar surface area (TPSA) is 92.3 Å². The highest BCUT2D eigenvalue weighted by Crippen LogP contribution is 2.29. The summed E-state index contributed by atoms with van der Waals surface area (Å²) in [6, 6.07) is 6.69. The Morgan fingerprint density at radius 3 is 2.77 bits per heavy atom. The first-order valence-electron chi connectivity index (χ1n) is 8.78. The Kier molecular flexibility index (Phi) is 6.40. The largest absolute Gasteiger partial charge is 0.484 e. The molecule has 0 bridgehead atoms. The molecular weight excluding hydrogens is 421 g/mol. The van der Waals surface area contributed by atoms with Crippen molar-refractivity contribution in [2.24, 2.45) is 0 Å². The predicted molar refractivity (Wildman–Crippen MR) is 106 cm³/mol. The van der Waals surface area contributed by atoms with E-state index < -0.39 is 12.8 Å². The quantitative estimate of drug-likeness (QED) is 0.342. The number of fused-ring (bicyclic) bond motifs is 1. The maximum absolute atomic E-state index is 12.4. The fourth-order valence-corrected chi connectivity index (χ4v) is 3.68. The van der Waals surface area contributed by atoms with Crippen LogP contribution in [-0.2, 0) is 21.7 Å². The van der Waals surface area contributed by atoms with Crippen LogP contribution in [0.2, 0.25) is 0 Å². The Balaban J connectivity index is 1.75. The third-order valence-electron chi connectivity index (χ3n) is 4.29. The smallest absolute Gasteiger partial charge is 0.422 e. The lowest BCUT2D eigenvalue weighted by Crippen LogP contribution is -2.19. The molecule has 3 rings (SSSR count). The van der Waals surface area contributed by atoms with E-state index in [1.807, 2.05) is 0 Å². The molecule has 0 saturated carbocycles. The van der Waals surface area contributed by atoms with Crippen LogP contribution in [0.3, 0.4) is 0 Å². The van der Waals surface area contributed by atoms with Gasteiger partial charge >= 0.3 is 12.1 Å². The molecule has 2 aromatic heterocycles. The molecule has 0 aliphatic carbocycles. The van der Waals surface area contributed by atoms with E-state index in [0.29, 0.717) is 33.2 Å². The molecule has 160 valence electrons. The van der Waals surface area contributed by atoms with Gasteiger partial charge in [0.1, 0.15) is 5.75 Å². The fourth-order valence-electron chi connectivity index (χ4n) is 2.73. The number of benzene rings is 1. The number of hydrogen-bond acceptors (Lipinski definition) is 7. The van der Waals surface area contributed by atoms with E-state index in [1.54, 1.807) is 25.1 Å². The van der Waals surface area contributed by atoms with E-state index in [0.717, 1.165) is 5.56 Å². The van der Waals surface area contributed by atoms with Crippen LogP contribution >= 0.6 is 11.8 Å². The second-order valence-electron chi connectivity index (χ2n) is 6.41. The Bertz CT molecular complexity index is 1070. The summed E-state index contributed by atoms with van der Waals surface area (Å²) in [5.41, 5.74) is 3.13. The van der Waals surface area contributed by atoms with Gasteiger partial charge in [0, 0.05) is 17.5 Å². The Morgan fingerprint density at radius 2 is 2.07 bits per heavy atom. The van der Waals surface area contributed by atoms with Gasteiger partial charge in [-0.2, -0.15) is 13.2 Å². The van der Waals surface area contributed by atoms with Gasteiger partial charge in [-0.15, -0.1) is 0 Å². The van der Waals surface area contributed by atoms with Crippen LogP contribution < -0.4 is 10.6 Å². The number of nitrogen functional groups attached to an aromatic ring is 1. The van der Waals surface area contributed by atoms with E-state index in [2.05, 4.69) is 14.7 Å². The molecular formula is C19H19F3N4O3S. The summed E-state index contributed by atoms with van der Waals surface area (Å²) in [7, 11) is 1.32. The average Bonchev–Trinajstić information content (AvgIpc) is 3.00. The van der Waals surface area contributed by atoms with Crippen molar-refractivity contribution < 1.29 is 27.4 Å². The SMILES string of the molecule is COC(=O)Cc1ccc2c(c1)nc(SCc1nccc(OCC(F)(F)F)c1C)n2N. The Morgan fingerprint density at radius 1 is 1.30 bits per heavy atom. The Labute approximate surface area is 174 Å². The van der Waals surface area contributed by atoms with Gasteiger partial charge in [0.25, 0.3) is 0 Å². The lowest BCUT2D eigenvalue weighted by atomic mass is 10.1. The van der Waals surface area contributed by atoms with Gasteiger partial charge in [0.2, 0.25) is 0 Å². The zero-order valence-electron chi connectivity index (χ0n) is 16.2.